The number of carbonyl (C=O) groups excluding carboxylic acids is 1. The number of alkyl halides is 3. The molecule has 0 unspecified atom stereocenters. The lowest BCUT2D eigenvalue weighted by atomic mass is 10.1. The maximum atomic E-state index is 13.0. The van der Waals surface area contributed by atoms with E-state index in [0.29, 0.717) is 17.8 Å². The molecule has 0 spiro atoms. The largest absolute Gasteiger partial charge is 0.490 e. The Kier molecular flexibility index (Phi) is 10.7. The minimum atomic E-state index is -5.08. The number of hydrogen-bond acceptors (Lipinski definition) is 6. The van der Waals surface area contributed by atoms with Gasteiger partial charge in [0.05, 0.1) is 16.3 Å². The van der Waals surface area contributed by atoms with Gasteiger partial charge in [-0.15, -0.1) is 0 Å². The summed E-state index contributed by atoms with van der Waals surface area (Å²) in [6.07, 6.45) is -4.12. The zero-order chi connectivity index (χ0) is 30.0. The highest BCUT2D eigenvalue weighted by molar-refractivity contribution is 7.92. The van der Waals surface area contributed by atoms with E-state index in [1.165, 1.54) is 5.56 Å². The lowest BCUT2D eigenvalue weighted by Gasteiger charge is -2.31. The number of aliphatic carboxylic acids is 1. The van der Waals surface area contributed by atoms with Crippen molar-refractivity contribution in [2.24, 2.45) is 0 Å². The van der Waals surface area contributed by atoms with Gasteiger partial charge < -0.3 is 20.6 Å². The highest BCUT2D eigenvalue weighted by Crippen LogP contribution is 2.30. The molecule has 0 aliphatic carbocycles. The molecule has 1 aliphatic heterocycles. The molecule has 13 heteroatoms. The molecule has 0 aromatic heterocycles. The monoisotopic (exact) mass is 592 g/mol. The number of amides is 1. The Labute approximate surface area is 236 Å². The van der Waals surface area contributed by atoms with Crippen molar-refractivity contribution in [3.05, 3.63) is 89.5 Å². The molecule has 0 bridgehead atoms. The summed E-state index contributed by atoms with van der Waals surface area (Å²) < 4.78 is 60.5. The molecule has 0 saturated carbocycles. The number of piperazine rings is 1. The van der Waals surface area contributed by atoms with Crippen LogP contribution >= 0.6 is 0 Å². The van der Waals surface area contributed by atoms with E-state index >= 15 is 0 Å². The SMILES string of the molecule is CCc1ccc(CNC(=O)c2ccc(N3CCNCC3)c(NS(=O)(=O)c3ccccc3)c2)cc1.O=C(O)C(F)(F)F. The van der Waals surface area contributed by atoms with E-state index < -0.39 is 22.2 Å². The molecule has 1 amide bonds. The van der Waals surface area contributed by atoms with Crippen LogP contribution in [0.1, 0.15) is 28.4 Å². The van der Waals surface area contributed by atoms with Crippen molar-refractivity contribution in [1.29, 1.82) is 0 Å². The lowest BCUT2D eigenvalue weighted by molar-refractivity contribution is -0.192. The highest BCUT2D eigenvalue weighted by Gasteiger charge is 2.38. The third-order valence-corrected chi connectivity index (χ3v) is 7.52. The summed E-state index contributed by atoms with van der Waals surface area (Å²) in [6.45, 7) is 5.62. The number of anilines is 2. The van der Waals surface area contributed by atoms with Crippen LogP contribution in [0.5, 0.6) is 0 Å². The Bertz CT molecular complexity index is 1430. The van der Waals surface area contributed by atoms with Crippen molar-refractivity contribution < 1.29 is 36.3 Å². The number of aryl methyl sites for hydroxylation is 1. The minimum Gasteiger partial charge on any atom is -0.475 e. The van der Waals surface area contributed by atoms with Crippen molar-refractivity contribution in [3.8, 4) is 0 Å². The molecule has 41 heavy (non-hydrogen) atoms. The average molecular weight is 593 g/mol. The zero-order valence-corrected chi connectivity index (χ0v) is 23.1. The normalized spacial score (nSPS) is 13.5. The smallest absolute Gasteiger partial charge is 0.475 e. The van der Waals surface area contributed by atoms with Crippen LogP contribution in [0.3, 0.4) is 0 Å². The Morgan fingerprint density at radius 1 is 0.951 bits per heavy atom. The standard InChI is InChI=1S/C26H30N4O3S.C2HF3O2/c1-2-20-8-10-21(11-9-20)19-28-26(31)22-12-13-25(30-16-14-27-15-17-30)24(18-22)29-34(32,33)23-6-4-3-5-7-23;3-2(4,5)1(6)7/h3-13,18,27,29H,2,14-17,19H2,1H3,(H,28,31);(H,6,7). The molecule has 1 aliphatic rings. The van der Waals surface area contributed by atoms with Crippen molar-refractivity contribution in [3.63, 3.8) is 0 Å². The molecule has 220 valence electrons. The number of nitrogens with one attached hydrogen (secondary N) is 3. The number of halogens is 3. The van der Waals surface area contributed by atoms with Gasteiger partial charge in [-0.2, -0.15) is 13.2 Å². The van der Waals surface area contributed by atoms with Crippen LogP contribution in [0.4, 0.5) is 24.5 Å². The summed E-state index contributed by atoms with van der Waals surface area (Å²) in [4.78, 5) is 24.1. The number of rotatable bonds is 8. The van der Waals surface area contributed by atoms with Crippen molar-refractivity contribution in [2.45, 2.75) is 31.0 Å². The fraction of sp³-hybridized carbons (Fsp3) is 0.286. The van der Waals surface area contributed by atoms with Gasteiger partial charge in [0, 0.05) is 38.3 Å². The van der Waals surface area contributed by atoms with Gasteiger partial charge in [-0.25, -0.2) is 13.2 Å². The van der Waals surface area contributed by atoms with E-state index in [2.05, 4.69) is 39.3 Å². The predicted molar refractivity (Wildman–Crippen MR) is 149 cm³/mol. The Balaban J connectivity index is 0.000000587. The van der Waals surface area contributed by atoms with Gasteiger partial charge in [0.25, 0.3) is 15.9 Å². The number of carboxylic acid groups (broad SMARTS) is 1. The maximum absolute atomic E-state index is 13.0. The average Bonchev–Trinajstić information content (AvgIpc) is 2.96. The van der Waals surface area contributed by atoms with Gasteiger partial charge >= 0.3 is 12.1 Å². The second kappa shape index (κ2) is 14.0. The maximum Gasteiger partial charge on any atom is 0.490 e. The van der Waals surface area contributed by atoms with Crippen molar-refractivity contribution >= 4 is 33.3 Å². The number of benzene rings is 3. The Morgan fingerprint density at radius 3 is 2.10 bits per heavy atom. The van der Waals surface area contributed by atoms with E-state index in [4.69, 9.17) is 9.90 Å². The van der Waals surface area contributed by atoms with Crippen LogP contribution in [0.15, 0.2) is 77.7 Å². The summed E-state index contributed by atoms with van der Waals surface area (Å²) in [5.41, 5.74) is 3.80. The molecule has 3 aromatic rings. The molecule has 9 nitrogen and oxygen atoms in total. The molecule has 0 radical (unpaired) electrons. The van der Waals surface area contributed by atoms with Crippen LogP contribution in [-0.2, 0) is 27.8 Å². The van der Waals surface area contributed by atoms with Gasteiger partial charge in [0.1, 0.15) is 0 Å². The Morgan fingerprint density at radius 2 is 1.54 bits per heavy atom. The first-order valence-electron chi connectivity index (χ1n) is 12.7. The molecular weight excluding hydrogens is 561 g/mol. The molecule has 4 N–H and O–H groups in total. The van der Waals surface area contributed by atoms with Crippen molar-refractivity contribution in [1.82, 2.24) is 10.6 Å². The van der Waals surface area contributed by atoms with Crippen LogP contribution in [0.2, 0.25) is 0 Å². The van der Waals surface area contributed by atoms with Crippen LogP contribution < -0.4 is 20.3 Å². The summed E-state index contributed by atoms with van der Waals surface area (Å²) in [6, 6.07) is 21.5. The quantitative estimate of drug-likeness (QED) is 0.311. The summed E-state index contributed by atoms with van der Waals surface area (Å²) in [7, 11) is -3.80. The molecule has 3 aromatic carbocycles. The molecule has 1 heterocycles. The number of carbonyl (C=O) groups is 2. The summed E-state index contributed by atoms with van der Waals surface area (Å²) in [5.74, 6) is -3.01. The first-order valence-corrected chi connectivity index (χ1v) is 14.2. The summed E-state index contributed by atoms with van der Waals surface area (Å²) >= 11 is 0. The van der Waals surface area contributed by atoms with Gasteiger partial charge in [-0.3, -0.25) is 9.52 Å². The van der Waals surface area contributed by atoms with Gasteiger partial charge in [-0.1, -0.05) is 49.4 Å². The molecule has 1 fully saturated rings. The molecule has 4 rings (SSSR count). The molecule has 0 atom stereocenters. The van der Waals surface area contributed by atoms with E-state index in [1.807, 2.05) is 18.2 Å². The minimum absolute atomic E-state index is 0.173. The van der Waals surface area contributed by atoms with E-state index in [9.17, 15) is 26.4 Å². The summed E-state index contributed by atoms with van der Waals surface area (Å²) in [5, 5.41) is 13.4. The second-order valence-corrected chi connectivity index (χ2v) is 10.7. The third-order valence-electron chi connectivity index (χ3n) is 6.14. The number of sulfonamides is 1. The molecular formula is C28H31F3N4O5S. The fourth-order valence-corrected chi connectivity index (χ4v) is 5.01. The van der Waals surface area contributed by atoms with Crippen LogP contribution in [0, 0.1) is 0 Å². The van der Waals surface area contributed by atoms with E-state index in [1.54, 1.807) is 42.5 Å². The Hall–Kier alpha value is -4.10. The lowest BCUT2D eigenvalue weighted by Crippen LogP contribution is -2.43. The zero-order valence-electron chi connectivity index (χ0n) is 22.2. The predicted octanol–water partition coefficient (Wildman–Crippen LogP) is 4.02. The molecule has 1 saturated heterocycles. The first-order chi connectivity index (χ1) is 19.4. The first kappa shape index (κ1) is 31.4. The van der Waals surface area contributed by atoms with Gasteiger partial charge in [0.15, 0.2) is 0 Å². The topological polar surface area (TPSA) is 128 Å². The third kappa shape index (κ3) is 9.22. The van der Waals surface area contributed by atoms with Crippen LogP contribution in [-0.4, -0.2) is 57.8 Å². The number of nitrogens with zero attached hydrogens (tertiary/aromatic N) is 1. The second-order valence-electron chi connectivity index (χ2n) is 9.04. The van der Waals surface area contributed by atoms with E-state index in [-0.39, 0.29) is 10.8 Å². The van der Waals surface area contributed by atoms with Crippen molar-refractivity contribution in [2.75, 3.05) is 35.8 Å². The van der Waals surface area contributed by atoms with E-state index in [0.717, 1.165) is 43.9 Å². The fourth-order valence-electron chi connectivity index (χ4n) is 3.92. The number of carboxylic acids is 1. The van der Waals surface area contributed by atoms with Gasteiger partial charge in [0.2, 0.25) is 0 Å². The number of hydrogen-bond donors (Lipinski definition) is 4. The highest BCUT2D eigenvalue weighted by atomic mass is 32.2. The van der Waals surface area contributed by atoms with Gasteiger partial charge in [-0.05, 0) is 47.9 Å². The van der Waals surface area contributed by atoms with Crippen LogP contribution in [0.25, 0.3) is 0 Å².